The number of hydrogen-bond acceptors (Lipinski definition) is 6. The number of sulfonamides is 2. The summed E-state index contributed by atoms with van der Waals surface area (Å²) in [5.74, 6) is -0.906. The number of rotatable bonds is 9. The lowest BCUT2D eigenvalue weighted by Gasteiger charge is -2.43. The Balaban J connectivity index is 1.65. The van der Waals surface area contributed by atoms with E-state index in [4.69, 9.17) is 5.73 Å². The molecule has 1 amide bonds. The van der Waals surface area contributed by atoms with E-state index in [1.807, 2.05) is 0 Å². The summed E-state index contributed by atoms with van der Waals surface area (Å²) in [6, 6.07) is 8.42. The molecule has 2 aliphatic heterocycles. The van der Waals surface area contributed by atoms with Crippen molar-refractivity contribution in [3.63, 3.8) is 0 Å². The number of carbonyl (C=O) groups is 1. The number of piperazine rings is 1. The van der Waals surface area contributed by atoms with Crippen LogP contribution in [0.2, 0.25) is 0 Å². The molecular weight excluding hydrogens is 464 g/mol. The molecule has 0 aliphatic carbocycles. The van der Waals surface area contributed by atoms with E-state index in [1.165, 1.54) is 33.4 Å². The third-order valence-corrected chi connectivity index (χ3v) is 10.8. The minimum Gasteiger partial charge on any atom is -0.369 e. The second kappa shape index (κ2) is 10.3. The number of piperidine rings is 1. The number of anilines is 1. The molecule has 2 saturated heterocycles. The zero-order chi connectivity index (χ0) is 24.3. The van der Waals surface area contributed by atoms with Crippen LogP contribution < -0.4 is 10.6 Å². The summed E-state index contributed by atoms with van der Waals surface area (Å²) >= 11 is 0. The summed E-state index contributed by atoms with van der Waals surface area (Å²) in [6.07, 6.45) is 5.47. The maximum Gasteiger partial charge on any atom is 0.240 e. The van der Waals surface area contributed by atoms with E-state index in [-0.39, 0.29) is 39.0 Å². The van der Waals surface area contributed by atoms with E-state index in [9.17, 15) is 21.6 Å². The van der Waals surface area contributed by atoms with Gasteiger partial charge in [-0.2, -0.15) is 4.31 Å². The van der Waals surface area contributed by atoms with Gasteiger partial charge in [0.1, 0.15) is 0 Å². The molecule has 0 unspecified atom stereocenters. The smallest absolute Gasteiger partial charge is 0.240 e. The topological polar surface area (TPSA) is 121 Å². The molecule has 3 rings (SSSR count). The van der Waals surface area contributed by atoms with Gasteiger partial charge in [-0.3, -0.25) is 4.79 Å². The third kappa shape index (κ3) is 5.52. The Labute approximate surface area is 198 Å². The van der Waals surface area contributed by atoms with Crippen LogP contribution in [-0.2, 0) is 31.3 Å². The fourth-order valence-corrected chi connectivity index (χ4v) is 7.63. The first-order valence-electron chi connectivity index (χ1n) is 11.6. The molecule has 9 nitrogen and oxygen atoms in total. The fraction of sp³-hybridized carbons (Fsp3) is 0.682. The average Bonchev–Trinajstić information content (AvgIpc) is 2.79. The molecule has 33 heavy (non-hydrogen) atoms. The molecular formula is C22H36N4O5S2. The van der Waals surface area contributed by atoms with Crippen molar-refractivity contribution in [2.24, 2.45) is 5.73 Å². The molecule has 0 atom stereocenters. The number of carbonyl (C=O) groups excluding carboxylic acids is 1. The van der Waals surface area contributed by atoms with Crippen LogP contribution in [0.4, 0.5) is 5.69 Å². The minimum atomic E-state index is -4.03. The number of aryl methyl sites for hydroxylation is 1. The van der Waals surface area contributed by atoms with E-state index < -0.39 is 30.7 Å². The Morgan fingerprint density at radius 3 is 1.97 bits per heavy atom. The molecule has 0 radical (unpaired) electrons. The lowest BCUT2D eigenvalue weighted by molar-refractivity contribution is -0.121. The Kier molecular flexibility index (Phi) is 8.08. The van der Waals surface area contributed by atoms with Gasteiger partial charge in [0.15, 0.2) is 4.75 Å². The van der Waals surface area contributed by atoms with E-state index in [1.54, 1.807) is 0 Å². The van der Waals surface area contributed by atoms with Crippen molar-refractivity contribution in [1.29, 1.82) is 0 Å². The van der Waals surface area contributed by atoms with E-state index in [0.29, 0.717) is 13.1 Å². The number of primary amides is 1. The van der Waals surface area contributed by atoms with Crippen molar-refractivity contribution >= 4 is 31.6 Å². The largest absolute Gasteiger partial charge is 0.369 e. The molecule has 1 aromatic carbocycles. The van der Waals surface area contributed by atoms with Crippen molar-refractivity contribution < 1.29 is 21.6 Å². The highest BCUT2D eigenvalue weighted by molar-refractivity contribution is 7.91. The first-order chi connectivity index (χ1) is 15.5. The Morgan fingerprint density at radius 1 is 0.909 bits per heavy atom. The van der Waals surface area contributed by atoms with Gasteiger partial charge in [-0.25, -0.2) is 21.1 Å². The van der Waals surface area contributed by atoms with Gasteiger partial charge < -0.3 is 10.6 Å². The van der Waals surface area contributed by atoms with Crippen molar-refractivity contribution in [2.75, 3.05) is 50.4 Å². The van der Waals surface area contributed by atoms with Gasteiger partial charge in [-0.05, 0) is 43.4 Å². The molecule has 186 valence electrons. The average molecular weight is 501 g/mol. The van der Waals surface area contributed by atoms with Gasteiger partial charge in [0.05, 0.1) is 6.26 Å². The van der Waals surface area contributed by atoms with Crippen LogP contribution in [-0.4, -0.2) is 81.6 Å². The van der Waals surface area contributed by atoms with Crippen LogP contribution in [0.25, 0.3) is 0 Å². The van der Waals surface area contributed by atoms with Gasteiger partial charge in [-0.1, -0.05) is 31.9 Å². The minimum absolute atomic E-state index is 0.0361. The van der Waals surface area contributed by atoms with E-state index in [0.717, 1.165) is 18.4 Å². The molecule has 11 heteroatoms. The molecule has 1 aromatic rings. The highest BCUT2D eigenvalue weighted by Gasteiger charge is 2.54. The lowest BCUT2D eigenvalue weighted by Crippen LogP contribution is -2.63. The Hall–Kier alpha value is -1.69. The van der Waals surface area contributed by atoms with Crippen LogP contribution in [0, 0.1) is 0 Å². The normalized spacial score (nSPS) is 20.6. The molecule has 0 bridgehead atoms. The second-order valence-corrected chi connectivity index (χ2v) is 13.3. The monoisotopic (exact) mass is 500 g/mol. The van der Waals surface area contributed by atoms with Crippen LogP contribution in [0.5, 0.6) is 0 Å². The summed E-state index contributed by atoms with van der Waals surface area (Å²) in [7, 11) is -7.48. The number of unbranched alkanes of at least 4 members (excludes halogenated alkanes) is 2. The Bertz CT molecular complexity index is 1030. The van der Waals surface area contributed by atoms with Crippen molar-refractivity contribution in [1.82, 2.24) is 8.61 Å². The number of hydrogen-bond donors (Lipinski definition) is 1. The van der Waals surface area contributed by atoms with E-state index >= 15 is 0 Å². The first-order valence-corrected chi connectivity index (χ1v) is 14.9. The molecule has 0 spiro atoms. The SMILES string of the molecule is CCCCCc1ccc(N2CCN(S(=O)(=O)C3(C(N)=O)CCN(S(C)(=O)=O)CC3)CC2)cc1. The zero-order valence-electron chi connectivity index (χ0n) is 19.6. The van der Waals surface area contributed by atoms with Crippen LogP contribution >= 0.6 is 0 Å². The van der Waals surface area contributed by atoms with Gasteiger partial charge >= 0.3 is 0 Å². The molecule has 2 aliphatic rings. The van der Waals surface area contributed by atoms with Crippen molar-refractivity contribution in [3.05, 3.63) is 29.8 Å². The summed E-state index contributed by atoms with van der Waals surface area (Å²) in [5, 5.41) is 0. The second-order valence-electron chi connectivity index (χ2n) is 9.04. The zero-order valence-corrected chi connectivity index (χ0v) is 21.2. The number of amides is 1. The highest BCUT2D eigenvalue weighted by atomic mass is 32.2. The van der Waals surface area contributed by atoms with Crippen molar-refractivity contribution in [3.8, 4) is 0 Å². The summed E-state index contributed by atoms with van der Waals surface area (Å²) in [5.41, 5.74) is 7.96. The predicted octanol–water partition coefficient (Wildman–Crippen LogP) is 1.15. The van der Waals surface area contributed by atoms with Crippen LogP contribution in [0.3, 0.4) is 0 Å². The summed E-state index contributed by atoms with van der Waals surface area (Å²) < 4.78 is 51.5. The van der Waals surface area contributed by atoms with E-state index in [2.05, 4.69) is 36.1 Å². The van der Waals surface area contributed by atoms with Crippen molar-refractivity contribution in [2.45, 2.75) is 50.2 Å². The molecule has 2 fully saturated rings. The van der Waals surface area contributed by atoms with Gasteiger partial charge in [-0.15, -0.1) is 0 Å². The summed E-state index contributed by atoms with van der Waals surface area (Å²) in [4.78, 5) is 14.5. The fourth-order valence-electron chi connectivity index (χ4n) is 4.70. The first kappa shape index (κ1) is 25.9. The van der Waals surface area contributed by atoms with Gasteiger partial charge in [0, 0.05) is 45.0 Å². The molecule has 2 N–H and O–H groups in total. The van der Waals surface area contributed by atoms with Gasteiger partial charge in [0.2, 0.25) is 26.0 Å². The highest BCUT2D eigenvalue weighted by Crippen LogP contribution is 2.34. The van der Waals surface area contributed by atoms with Crippen LogP contribution in [0.15, 0.2) is 24.3 Å². The number of benzene rings is 1. The standard InChI is InChI=1S/C22H36N4O5S2/c1-3-4-5-6-19-7-9-20(10-8-19)24-15-17-26(18-16-24)33(30,31)22(21(23)27)11-13-25(14-12-22)32(2,28)29/h7-10H,3-6,11-18H2,1-2H3,(H2,23,27). The predicted molar refractivity (Wildman–Crippen MR) is 130 cm³/mol. The van der Waals surface area contributed by atoms with Crippen LogP contribution in [0.1, 0.15) is 44.6 Å². The third-order valence-electron chi connectivity index (χ3n) is 6.89. The quantitative estimate of drug-likeness (QED) is 0.508. The Morgan fingerprint density at radius 2 is 1.48 bits per heavy atom. The molecule has 0 aromatic heterocycles. The molecule has 2 heterocycles. The van der Waals surface area contributed by atoms with Gasteiger partial charge in [0.25, 0.3) is 0 Å². The number of nitrogens with zero attached hydrogens (tertiary/aromatic N) is 3. The number of nitrogens with two attached hydrogens (primary N) is 1. The lowest BCUT2D eigenvalue weighted by atomic mass is 9.96. The summed E-state index contributed by atoms with van der Waals surface area (Å²) in [6.45, 7) is 3.65. The molecule has 0 saturated carbocycles. The maximum atomic E-state index is 13.5. The maximum absolute atomic E-state index is 13.5.